The van der Waals surface area contributed by atoms with Crippen molar-refractivity contribution < 1.29 is 9.53 Å². The van der Waals surface area contributed by atoms with Gasteiger partial charge in [0.2, 0.25) is 5.91 Å². The van der Waals surface area contributed by atoms with E-state index in [9.17, 15) is 4.79 Å². The van der Waals surface area contributed by atoms with Gasteiger partial charge < -0.3 is 19.9 Å². The average molecular weight is 452 g/mol. The fourth-order valence-corrected chi connectivity index (χ4v) is 3.83. The van der Waals surface area contributed by atoms with E-state index in [2.05, 4.69) is 22.3 Å². The number of halogens is 2. The Morgan fingerprint density at radius 2 is 1.79 bits per heavy atom. The van der Waals surface area contributed by atoms with Crippen LogP contribution in [0.15, 0.2) is 48.5 Å². The molecule has 0 unspecified atom stereocenters. The molecule has 0 bridgehead atoms. The second-order valence-corrected chi connectivity index (χ2v) is 7.92. The maximum absolute atomic E-state index is 12.2. The first-order chi connectivity index (χ1) is 14.0. The fraction of sp³-hybridized carbons (Fsp3) is 0.333. The minimum absolute atomic E-state index is 0.105. The fourth-order valence-electron chi connectivity index (χ4n) is 3.07. The highest BCUT2D eigenvalue weighted by Crippen LogP contribution is 2.27. The summed E-state index contributed by atoms with van der Waals surface area (Å²) < 4.78 is 5.60. The number of rotatable bonds is 6. The number of hydrogen-bond donors (Lipinski definition) is 1. The van der Waals surface area contributed by atoms with Crippen molar-refractivity contribution in [1.82, 2.24) is 10.2 Å². The molecule has 0 atom stereocenters. The summed E-state index contributed by atoms with van der Waals surface area (Å²) in [7, 11) is 0. The van der Waals surface area contributed by atoms with E-state index in [4.69, 9.17) is 40.2 Å². The molecule has 8 heteroatoms. The maximum Gasteiger partial charge on any atom is 0.226 e. The second kappa shape index (κ2) is 10.7. The lowest BCUT2D eigenvalue weighted by Crippen LogP contribution is -2.52. The minimum Gasteiger partial charge on any atom is -0.492 e. The second-order valence-electron chi connectivity index (χ2n) is 6.69. The third-order valence-corrected chi connectivity index (χ3v) is 5.52. The van der Waals surface area contributed by atoms with Crippen LogP contribution in [0.3, 0.4) is 0 Å². The first kappa shape index (κ1) is 21.7. The lowest BCUT2D eigenvalue weighted by Gasteiger charge is -2.37. The first-order valence-corrected chi connectivity index (χ1v) is 10.7. The zero-order chi connectivity index (χ0) is 20.6. The normalized spacial score (nSPS) is 13.9. The number of thiocarbonyl (C=S) groups is 1. The molecule has 0 radical (unpaired) electrons. The molecule has 1 aliphatic rings. The van der Waals surface area contributed by atoms with Crippen molar-refractivity contribution in [2.75, 3.05) is 37.7 Å². The van der Waals surface area contributed by atoms with Crippen LogP contribution in [-0.2, 0) is 4.79 Å². The standard InChI is InChI=1S/C21H23Cl2N3O2S/c22-16-8-9-19(18(23)15-16)28-14-4-7-20(27)24-21(29)26-12-10-25(11-13-26)17-5-2-1-3-6-17/h1-3,5-6,8-9,15H,4,7,10-14H2,(H,24,27,29). The van der Waals surface area contributed by atoms with Gasteiger partial charge in [0, 0.05) is 43.3 Å². The SMILES string of the molecule is O=C(CCCOc1ccc(Cl)cc1Cl)NC(=S)N1CCN(c2ccccc2)CC1. The first-order valence-electron chi connectivity index (χ1n) is 9.49. The number of ether oxygens (including phenoxy) is 1. The summed E-state index contributed by atoms with van der Waals surface area (Å²) in [6.07, 6.45) is 0.893. The molecule has 154 valence electrons. The van der Waals surface area contributed by atoms with Crippen LogP contribution in [0.5, 0.6) is 5.75 Å². The largest absolute Gasteiger partial charge is 0.492 e. The molecule has 3 rings (SSSR count). The predicted octanol–water partition coefficient (Wildman–Crippen LogP) is 4.38. The molecule has 1 aliphatic heterocycles. The minimum atomic E-state index is -0.105. The summed E-state index contributed by atoms with van der Waals surface area (Å²) >= 11 is 17.3. The van der Waals surface area contributed by atoms with Gasteiger partial charge in [0.25, 0.3) is 0 Å². The summed E-state index contributed by atoms with van der Waals surface area (Å²) in [6, 6.07) is 15.4. The summed E-state index contributed by atoms with van der Waals surface area (Å²) in [5, 5.41) is 4.32. The van der Waals surface area contributed by atoms with Crippen molar-refractivity contribution in [1.29, 1.82) is 0 Å². The molecule has 2 aromatic carbocycles. The Labute approximate surface area is 186 Å². The molecular formula is C21H23Cl2N3O2S. The number of para-hydroxylation sites is 1. The zero-order valence-corrected chi connectivity index (χ0v) is 18.3. The van der Waals surface area contributed by atoms with E-state index in [0.29, 0.717) is 40.4 Å². The number of anilines is 1. The highest BCUT2D eigenvalue weighted by atomic mass is 35.5. The van der Waals surface area contributed by atoms with E-state index >= 15 is 0 Å². The van der Waals surface area contributed by atoms with Crippen molar-refractivity contribution in [2.45, 2.75) is 12.8 Å². The molecule has 1 N–H and O–H groups in total. The molecule has 0 saturated carbocycles. The lowest BCUT2D eigenvalue weighted by molar-refractivity contribution is -0.120. The molecule has 0 spiro atoms. The molecule has 0 aromatic heterocycles. The van der Waals surface area contributed by atoms with Gasteiger partial charge in [-0.2, -0.15) is 0 Å². The van der Waals surface area contributed by atoms with Crippen LogP contribution in [0.25, 0.3) is 0 Å². The van der Waals surface area contributed by atoms with E-state index in [-0.39, 0.29) is 5.91 Å². The van der Waals surface area contributed by atoms with Gasteiger partial charge in [-0.05, 0) is 49.0 Å². The topological polar surface area (TPSA) is 44.8 Å². The third-order valence-electron chi connectivity index (χ3n) is 4.63. The van der Waals surface area contributed by atoms with Gasteiger partial charge in [-0.25, -0.2) is 0 Å². The van der Waals surface area contributed by atoms with Crippen LogP contribution >= 0.6 is 35.4 Å². The van der Waals surface area contributed by atoms with Crippen molar-refractivity contribution in [3.05, 3.63) is 58.6 Å². The zero-order valence-electron chi connectivity index (χ0n) is 15.9. The van der Waals surface area contributed by atoms with Crippen LogP contribution < -0.4 is 15.0 Å². The number of carbonyl (C=O) groups excluding carboxylic acids is 1. The van der Waals surface area contributed by atoms with E-state index in [1.165, 1.54) is 5.69 Å². The molecule has 1 saturated heterocycles. The lowest BCUT2D eigenvalue weighted by atomic mass is 10.2. The molecule has 1 fully saturated rings. The molecule has 1 heterocycles. The Bertz CT molecular complexity index is 843. The Morgan fingerprint density at radius 1 is 1.07 bits per heavy atom. The highest BCUT2D eigenvalue weighted by molar-refractivity contribution is 7.80. The van der Waals surface area contributed by atoms with Crippen LogP contribution in [0.4, 0.5) is 5.69 Å². The highest BCUT2D eigenvalue weighted by Gasteiger charge is 2.20. The smallest absolute Gasteiger partial charge is 0.226 e. The van der Waals surface area contributed by atoms with E-state index < -0.39 is 0 Å². The van der Waals surface area contributed by atoms with Crippen molar-refractivity contribution in [2.24, 2.45) is 0 Å². The van der Waals surface area contributed by atoms with Crippen molar-refractivity contribution in [3.8, 4) is 5.75 Å². The van der Waals surface area contributed by atoms with Gasteiger partial charge in [0.15, 0.2) is 5.11 Å². The van der Waals surface area contributed by atoms with E-state index in [0.717, 1.165) is 26.2 Å². The van der Waals surface area contributed by atoms with Crippen LogP contribution in [0.1, 0.15) is 12.8 Å². The maximum atomic E-state index is 12.2. The van der Waals surface area contributed by atoms with Gasteiger partial charge in [-0.1, -0.05) is 41.4 Å². The molecular weight excluding hydrogens is 429 g/mol. The molecule has 5 nitrogen and oxygen atoms in total. The number of nitrogens with zero attached hydrogens (tertiary/aromatic N) is 2. The van der Waals surface area contributed by atoms with Crippen molar-refractivity contribution >= 4 is 52.1 Å². The Kier molecular flexibility index (Phi) is 7.98. The summed E-state index contributed by atoms with van der Waals surface area (Å²) in [5.41, 5.74) is 1.21. The Hall–Kier alpha value is -2.02. The predicted molar refractivity (Wildman–Crippen MR) is 122 cm³/mol. The number of carbonyl (C=O) groups is 1. The Balaban J connectivity index is 1.35. The summed E-state index contributed by atoms with van der Waals surface area (Å²) in [6.45, 7) is 3.70. The van der Waals surface area contributed by atoms with Crippen molar-refractivity contribution in [3.63, 3.8) is 0 Å². The van der Waals surface area contributed by atoms with Gasteiger partial charge in [0.05, 0.1) is 11.6 Å². The van der Waals surface area contributed by atoms with Gasteiger partial charge in [-0.15, -0.1) is 0 Å². The van der Waals surface area contributed by atoms with E-state index in [1.807, 2.05) is 23.1 Å². The Morgan fingerprint density at radius 3 is 2.48 bits per heavy atom. The summed E-state index contributed by atoms with van der Waals surface area (Å²) in [4.78, 5) is 16.5. The van der Waals surface area contributed by atoms with Crippen LogP contribution in [-0.4, -0.2) is 48.7 Å². The number of amides is 1. The number of piperazine rings is 1. The van der Waals surface area contributed by atoms with Gasteiger partial charge >= 0.3 is 0 Å². The number of nitrogens with one attached hydrogen (secondary N) is 1. The van der Waals surface area contributed by atoms with E-state index in [1.54, 1.807) is 18.2 Å². The molecule has 0 aliphatic carbocycles. The number of benzene rings is 2. The quantitative estimate of drug-likeness (QED) is 0.521. The average Bonchev–Trinajstić information content (AvgIpc) is 2.73. The van der Waals surface area contributed by atoms with Crippen LogP contribution in [0.2, 0.25) is 10.0 Å². The molecule has 29 heavy (non-hydrogen) atoms. The van der Waals surface area contributed by atoms with Gasteiger partial charge in [-0.3, -0.25) is 4.79 Å². The monoisotopic (exact) mass is 451 g/mol. The third kappa shape index (κ3) is 6.49. The number of hydrogen-bond acceptors (Lipinski definition) is 4. The molecule has 2 aromatic rings. The van der Waals surface area contributed by atoms with Gasteiger partial charge in [0.1, 0.15) is 5.75 Å². The van der Waals surface area contributed by atoms with Crippen LogP contribution in [0, 0.1) is 0 Å². The molecule has 1 amide bonds. The summed E-state index contributed by atoms with van der Waals surface area (Å²) in [5.74, 6) is 0.453.